The lowest BCUT2D eigenvalue weighted by Gasteiger charge is -2.36. The van der Waals surface area contributed by atoms with Crippen molar-refractivity contribution in [3.8, 4) is 0 Å². The Morgan fingerprint density at radius 1 is 1.29 bits per heavy atom. The molecular formula is C16H20N2O3. The Labute approximate surface area is 124 Å². The van der Waals surface area contributed by atoms with Gasteiger partial charge in [-0.25, -0.2) is 9.59 Å². The van der Waals surface area contributed by atoms with Crippen molar-refractivity contribution >= 4 is 17.7 Å². The van der Waals surface area contributed by atoms with Gasteiger partial charge in [-0.3, -0.25) is 4.90 Å². The smallest absolute Gasteiger partial charge is 0.327 e. The van der Waals surface area contributed by atoms with Crippen molar-refractivity contribution in [2.24, 2.45) is 0 Å². The number of hydrogen-bond acceptors (Lipinski definition) is 2. The Morgan fingerprint density at radius 2 is 2.00 bits per heavy atom. The second kappa shape index (κ2) is 4.76. The maximum Gasteiger partial charge on any atom is 0.327 e. The van der Waals surface area contributed by atoms with Gasteiger partial charge in [-0.15, -0.1) is 0 Å². The van der Waals surface area contributed by atoms with E-state index in [1.165, 1.54) is 4.90 Å². The zero-order chi connectivity index (χ0) is 15.2. The molecule has 0 radical (unpaired) electrons. The fourth-order valence-electron chi connectivity index (χ4n) is 3.41. The summed E-state index contributed by atoms with van der Waals surface area (Å²) in [5.74, 6) is -0.948. The molecule has 0 spiro atoms. The molecule has 0 aliphatic carbocycles. The molecule has 2 aliphatic heterocycles. The predicted molar refractivity (Wildman–Crippen MR) is 79.5 cm³/mol. The van der Waals surface area contributed by atoms with Crippen LogP contribution in [0.15, 0.2) is 24.3 Å². The summed E-state index contributed by atoms with van der Waals surface area (Å²) < 4.78 is 0. The number of hydrogen-bond donors (Lipinski definition) is 1. The van der Waals surface area contributed by atoms with Crippen molar-refractivity contribution in [2.45, 2.75) is 44.7 Å². The molecule has 0 aromatic heterocycles. The lowest BCUT2D eigenvalue weighted by Crippen LogP contribution is -2.53. The van der Waals surface area contributed by atoms with Gasteiger partial charge in [0.05, 0.1) is 0 Å². The maximum absolute atomic E-state index is 12.9. The number of urea groups is 1. The molecule has 0 saturated carbocycles. The number of carbonyl (C=O) groups is 2. The van der Waals surface area contributed by atoms with Crippen LogP contribution in [-0.4, -0.2) is 40.1 Å². The molecule has 5 nitrogen and oxygen atoms in total. The van der Waals surface area contributed by atoms with Gasteiger partial charge in [-0.2, -0.15) is 0 Å². The van der Waals surface area contributed by atoms with E-state index in [9.17, 15) is 14.7 Å². The molecule has 1 aromatic rings. The van der Waals surface area contributed by atoms with E-state index >= 15 is 0 Å². The van der Waals surface area contributed by atoms with E-state index in [1.54, 1.807) is 0 Å². The molecule has 1 saturated heterocycles. The van der Waals surface area contributed by atoms with Crippen LogP contribution in [0, 0.1) is 0 Å². The fraction of sp³-hybridized carbons (Fsp3) is 0.500. The number of likely N-dealkylation sites (tertiary alicyclic amines) is 1. The second-order valence-electron chi connectivity index (χ2n) is 6.41. The van der Waals surface area contributed by atoms with Gasteiger partial charge in [-0.05, 0) is 38.3 Å². The molecule has 3 rings (SSSR count). The van der Waals surface area contributed by atoms with Crippen LogP contribution >= 0.6 is 0 Å². The summed E-state index contributed by atoms with van der Waals surface area (Å²) in [5, 5.41) is 9.47. The van der Waals surface area contributed by atoms with Crippen LogP contribution in [0.5, 0.6) is 0 Å². The highest BCUT2D eigenvalue weighted by Gasteiger charge is 2.44. The van der Waals surface area contributed by atoms with Crippen molar-refractivity contribution in [2.75, 3.05) is 11.4 Å². The molecule has 2 aliphatic rings. The Bertz CT molecular complexity index is 597. The van der Waals surface area contributed by atoms with Gasteiger partial charge in [0.2, 0.25) is 0 Å². The van der Waals surface area contributed by atoms with E-state index in [-0.39, 0.29) is 11.6 Å². The molecule has 5 heteroatoms. The summed E-state index contributed by atoms with van der Waals surface area (Å²) in [6, 6.07) is 6.47. The quantitative estimate of drug-likeness (QED) is 0.863. The average Bonchev–Trinajstić information content (AvgIpc) is 2.98. The lowest BCUT2D eigenvalue weighted by molar-refractivity contribution is -0.138. The van der Waals surface area contributed by atoms with Crippen LogP contribution < -0.4 is 4.90 Å². The highest BCUT2D eigenvalue weighted by atomic mass is 16.4. The molecule has 112 valence electrons. The van der Waals surface area contributed by atoms with E-state index in [0.29, 0.717) is 13.0 Å². The van der Waals surface area contributed by atoms with Gasteiger partial charge in [0, 0.05) is 24.2 Å². The third-order valence-corrected chi connectivity index (χ3v) is 4.60. The standard InChI is InChI=1S/C16H20N2O3/c1-16(2)8-5-9-17(16)15(21)18-12-7-4-3-6-11(12)10-13(18)14(19)20/h3-4,6-7,13H,5,8-10H2,1-2H3,(H,19,20). The van der Waals surface area contributed by atoms with Gasteiger partial charge in [0.15, 0.2) is 0 Å². The first-order valence-corrected chi connectivity index (χ1v) is 7.33. The number of aliphatic carboxylic acids is 1. The van der Waals surface area contributed by atoms with Crippen LogP contribution in [0.2, 0.25) is 0 Å². The number of fused-ring (bicyclic) bond motifs is 1. The van der Waals surface area contributed by atoms with E-state index in [4.69, 9.17) is 0 Å². The number of carboxylic acid groups (broad SMARTS) is 1. The van der Waals surface area contributed by atoms with Crippen LogP contribution in [-0.2, 0) is 11.2 Å². The predicted octanol–water partition coefficient (Wildman–Crippen LogP) is 2.50. The van der Waals surface area contributed by atoms with E-state index in [1.807, 2.05) is 43.0 Å². The zero-order valence-electron chi connectivity index (χ0n) is 12.4. The first-order valence-electron chi connectivity index (χ1n) is 7.33. The molecule has 0 bridgehead atoms. The highest BCUT2D eigenvalue weighted by Crippen LogP contribution is 2.36. The largest absolute Gasteiger partial charge is 0.480 e. The molecule has 2 amide bonds. The molecule has 1 aromatic carbocycles. The number of anilines is 1. The number of amides is 2. The van der Waals surface area contributed by atoms with Crippen molar-refractivity contribution < 1.29 is 14.7 Å². The number of carboxylic acids is 1. The number of benzene rings is 1. The minimum absolute atomic E-state index is 0.185. The molecule has 2 heterocycles. The first-order chi connectivity index (χ1) is 9.92. The van der Waals surface area contributed by atoms with Gasteiger partial charge in [-0.1, -0.05) is 18.2 Å². The second-order valence-corrected chi connectivity index (χ2v) is 6.41. The molecule has 21 heavy (non-hydrogen) atoms. The van der Waals surface area contributed by atoms with Crippen molar-refractivity contribution in [3.63, 3.8) is 0 Å². The number of carbonyl (C=O) groups excluding carboxylic acids is 1. The number of para-hydroxylation sites is 1. The summed E-state index contributed by atoms with van der Waals surface area (Å²) >= 11 is 0. The fourth-order valence-corrected chi connectivity index (χ4v) is 3.41. The minimum atomic E-state index is -0.948. The number of rotatable bonds is 1. The van der Waals surface area contributed by atoms with E-state index < -0.39 is 12.0 Å². The van der Waals surface area contributed by atoms with E-state index in [0.717, 1.165) is 24.1 Å². The monoisotopic (exact) mass is 288 g/mol. The van der Waals surface area contributed by atoms with Crippen LogP contribution in [0.3, 0.4) is 0 Å². The van der Waals surface area contributed by atoms with Crippen molar-refractivity contribution in [1.29, 1.82) is 0 Å². The Balaban J connectivity index is 1.98. The molecule has 1 atom stereocenters. The Kier molecular flexibility index (Phi) is 3.15. The maximum atomic E-state index is 12.9. The zero-order valence-corrected chi connectivity index (χ0v) is 12.4. The van der Waals surface area contributed by atoms with Gasteiger partial charge in [0.1, 0.15) is 6.04 Å². The third-order valence-electron chi connectivity index (χ3n) is 4.60. The van der Waals surface area contributed by atoms with Crippen LogP contribution in [0.1, 0.15) is 32.3 Å². The first kappa shape index (κ1) is 13.9. The van der Waals surface area contributed by atoms with Crippen LogP contribution in [0.4, 0.5) is 10.5 Å². The van der Waals surface area contributed by atoms with Crippen molar-refractivity contribution in [3.05, 3.63) is 29.8 Å². The number of nitrogens with zero attached hydrogens (tertiary/aromatic N) is 2. The molecule has 1 fully saturated rings. The minimum Gasteiger partial charge on any atom is -0.480 e. The Hall–Kier alpha value is -2.04. The van der Waals surface area contributed by atoms with E-state index in [2.05, 4.69) is 0 Å². The Morgan fingerprint density at radius 3 is 2.62 bits per heavy atom. The third kappa shape index (κ3) is 2.17. The highest BCUT2D eigenvalue weighted by molar-refractivity contribution is 6.01. The average molecular weight is 288 g/mol. The van der Waals surface area contributed by atoms with Crippen molar-refractivity contribution in [1.82, 2.24) is 4.90 Å². The lowest BCUT2D eigenvalue weighted by atomic mass is 10.0. The van der Waals surface area contributed by atoms with Gasteiger partial charge in [0.25, 0.3) is 0 Å². The summed E-state index contributed by atoms with van der Waals surface area (Å²) in [6.07, 6.45) is 2.30. The summed E-state index contributed by atoms with van der Waals surface area (Å²) in [4.78, 5) is 27.8. The van der Waals surface area contributed by atoms with Gasteiger partial charge >= 0.3 is 12.0 Å². The van der Waals surface area contributed by atoms with Gasteiger partial charge < -0.3 is 10.0 Å². The topological polar surface area (TPSA) is 60.9 Å². The van der Waals surface area contributed by atoms with Crippen LogP contribution in [0.25, 0.3) is 0 Å². The molecule has 1 unspecified atom stereocenters. The summed E-state index contributed by atoms with van der Waals surface area (Å²) in [7, 11) is 0. The SMILES string of the molecule is CC1(C)CCCN1C(=O)N1c2ccccc2CC1C(=O)O. The summed E-state index contributed by atoms with van der Waals surface area (Å²) in [6.45, 7) is 4.77. The molecule has 1 N–H and O–H groups in total. The normalized spacial score (nSPS) is 23.2. The summed E-state index contributed by atoms with van der Waals surface area (Å²) in [5.41, 5.74) is 1.45. The molecular weight excluding hydrogens is 268 g/mol.